The lowest BCUT2D eigenvalue weighted by Gasteiger charge is -2.23. The molecule has 0 amide bonds. The topological polar surface area (TPSA) is 122 Å². The van der Waals surface area contributed by atoms with E-state index in [9.17, 15) is 18.0 Å². The quantitative estimate of drug-likeness (QED) is 0.202. The van der Waals surface area contributed by atoms with Crippen molar-refractivity contribution in [3.05, 3.63) is 119 Å². The van der Waals surface area contributed by atoms with E-state index in [1.807, 2.05) is 55.5 Å². The minimum atomic E-state index is -4.12. The Morgan fingerprint density at radius 2 is 1.48 bits per heavy atom. The highest BCUT2D eigenvalue weighted by Gasteiger charge is 2.33. The molecule has 0 spiro atoms. The fraction of sp³-hybridized carbons (Fsp3) is 0.212. The maximum absolute atomic E-state index is 13.3. The molecule has 9 heteroatoms. The highest BCUT2D eigenvalue weighted by atomic mass is 32.2. The summed E-state index contributed by atoms with van der Waals surface area (Å²) in [5.41, 5.74) is 12.1. The lowest BCUT2D eigenvalue weighted by Crippen LogP contribution is -2.39. The van der Waals surface area contributed by atoms with E-state index in [-0.39, 0.29) is 29.6 Å². The first-order valence-corrected chi connectivity index (χ1v) is 14.9. The van der Waals surface area contributed by atoms with Gasteiger partial charge in [0.15, 0.2) is 0 Å². The van der Waals surface area contributed by atoms with Crippen molar-refractivity contribution in [2.75, 3.05) is 13.7 Å². The standard InChI is InChI=1S/C33H31NO7S/c1-21-14-16-24(17-15-21)42(37,38)41-23-9-7-8-22(18-23)29(19-31(35)39-2)32(34)33(36)40-20-30-27-12-5-3-10-25(27)26-11-4-6-13-28(26)30/h3-18,29-30,32H,19-20,34H2,1-2H3. The Bertz CT molecular complexity index is 1670. The van der Waals surface area contributed by atoms with E-state index < -0.39 is 34.0 Å². The SMILES string of the molecule is COC(=O)CC(c1cccc(OS(=O)(=O)c2ccc(C)cc2)c1)C(N)C(=O)OCC1c2ccccc2-c2ccccc21. The largest absolute Gasteiger partial charge is 0.469 e. The molecule has 2 N–H and O–H groups in total. The van der Waals surface area contributed by atoms with Gasteiger partial charge in [0.05, 0.1) is 13.5 Å². The Hall–Kier alpha value is -4.47. The van der Waals surface area contributed by atoms with Gasteiger partial charge in [-0.15, -0.1) is 0 Å². The van der Waals surface area contributed by atoms with Crippen LogP contribution in [0.5, 0.6) is 5.75 Å². The minimum Gasteiger partial charge on any atom is -0.469 e. The summed E-state index contributed by atoms with van der Waals surface area (Å²) in [6, 6.07) is 27.2. The number of hydrogen-bond donors (Lipinski definition) is 1. The lowest BCUT2D eigenvalue weighted by molar-refractivity contribution is -0.147. The zero-order valence-corrected chi connectivity index (χ0v) is 24.0. The van der Waals surface area contributed by atoms with Crippen molar-refractivity contribution >= 4 is 22.1 Å². The van der Waals surface area contributed by atoms with Crippen LogP contribution in [0.2, 0.25) is 0 Å². The summed E-state index contributed by atoms with van der Waals surface area (Å²) >= 11 is 0. The van der Waals surface area contributed by atoms with Crippen LogP contribution in [0.15, 0.2) is 102 Å². The van der Waals surface area contributed by atoms with Gasteiger partial charge in [-0.2, -0.15) is 8.42 Å². The van der Waals surface area contributed by atoms with Gasteiger partial charge in [-0.1, -0.05) is 78.4 Å². The Morgan fingerprint density at radius 3 is 2.10 bits per heavy atom. The third-order valence-corrected chi connectivity index (χ3v) is 8.74. The second-order valence-electron chi connectivity index (χ2n) is 10.2. The van der Waals surface area contributed by atoms with E-state index in [0.717, 1.165) is 27.8 Å². The summed E-state index contributed by atoms with van der Waals surface area (Å²) in [4.78, 5) is 25.6. The average molecular weight is 586 g/mol. The lowest BCUT2D eigenvalue weighted by atomic mass is 9.88. The highest BCUT2D eigenvalue weighted by molar-refractivity contribution is 7.87. The van der Waals surface area contributed by atoms with Gasteiger partial charge >= 0.3 is 22.1 Å². The van der Waals surface area contributed by atoms with Crippen molar-refractivity contribution in [1.82, 2.24) is 0 Å². The minimum absolute atomic E-state index is 0.0000437. The molecule has 0 heterocycles. The van der Waals surface area contributed by atoms with E-state index in [1.54, 1.807) is 24.3 Å². The van der Waals surface area contributed by atoms with Gasteiger partial charge < -0.3 is 19.4 Å². The van der Waals surface area contributed by atoms with Gasteiger partial charge in [-0.3, -0.25) is 9.59 Å². The molecule has 0 saturated heterocycles. The van der Waals surface area contributed by atoms with Crippen molar-refractivity contribution in [3.8, 4) is 16.9 Å². The molecule has 0 aromatic heterocycles. The van der Waals surface area contributed by atoms with Crippen molar-refractivity contribution < 1.29 is 31.7 Å². The number of methoxy groups -OCH3 is 1. The molecule has 0 bridgehead atoms. The van der Waals surface area contributed by atoms with E-state index in [1.165, 1.54) is 31.4 Å². The van der Waals surface area contributed by atoms with Crippen LogP contribution in [0.1, 0.15) is 40.5 Å². The average Bonchev–Trinajstić information content (AvgIpc) is 3.31. The van der Waals surface area contributed by atoms with Gasteiger partial charge in [0.2, 0.25) is 0 Å². The van der Waals surface area contributed by atoms with Crippen LogP contribution in [0.4, 0.5) is 0 Å². The number of fused-ring (bicyclic) bond motifs is 3. The highest BCUT2D eigenvalue weighted by Crippen LogP contribution is 2.44. The Kier molecular flexibility index (Phi) is 8.42. The molecule has 1 aliphatic carbocycles. The molecule has 0 fully saturated rings. The van der Waals surface area contributed by atoms with Gasteiger partial charge in [0.25, 0.3) is 0 Å². The van der Waals surface area contributed by atoms with Crippen molar-refractivity contribution in [2.24, 2.45) is 5.73 Å². The molecule has 4 aromatic rings. The molecule has 4 aromatic carbocycles. The predicted octanol–water partition coefficient (Wildman–Crippen LogP) is 5.09. The molecular formula is C33H31NO7S. The number of nitrogens with two attached hydrogens (primary N) is 1. The molecule has 0 aliphatic heterocycles. The first-order chi connectivity index (χ1) is 20.2. The van der Waals surface area contributed by atoms with Crippen molar-refractivity contribution in [3.63, 3.8) is 0 Å². The first kappa shape index (κ1) is 29.0. The number of carbonyl (C=O) groups excluding carboxylic acids is 2. The van der Waals surface area contributed by atoms with E-state index in [0.29, 0.717) is 5.56 Å². The zero-order chi connectivity index (χ0) is 29.9. The maximum Gasteiger partial charge on any atom is 0.339 e. The smallest absolute Gasteiger partial charge is 0.339 e. The zero-order valence-electron chi connectivity index (χ0n) is 23.2. The molecule has 2 atom stereocenters. The van der Waals surface area contributed by atoms with Crippen LogP contribution < -0.4 is 9.92 Å². The van der Waals surface area contributed by atoms with Crippen LogP contribution >= 0.6 is 0 Å². The fourth-order valence-electron chi connectivity index (χ4n) is 5.26. The summed E-state index contributed by atoms with van der Waals surface area (Å²) in [6.07, 6.45) is -0.226. The molecule has 8 nitrogen and oxygen atoms in total. The van der Waals surface area contributed by atoms with Crippen LogP contribution in [0.25, 0.3) is 11.1 Å². The Morgan fingerprint density at radius 1 is 0.857 bits per heavy atom. The fourth-order valence-corrected chi connectivity index (χ4v) is 6.18. The summed E-state index contributed by atoms with van der Waals surface area (Å²) < 4.78 is 41.7. The molecule has 42 heavy (non-hydrogen) atoms. The van der Waals surface area contributed by atoms with Gasteiger partial charge in [-0.05, 0) is 59.0 Å². The number of carbonyl (C=O) groups is 2. The molecule has 216 valence electrons. The second kappa shape index (κ2) is 12.2. The van der Waals surface area contributed by atoms with Crippen molar-refractivity contribution in [2.45, 2.75) is 36.1 Å². The van der Waals surface area contributed by atoms with Gasteiger partial charge in [0.1, 0.15) is 23.3 Å². The van der Waals surface area contributed by atoms with Gasteiger partial charge in [0, 0.05) is 11.8 Å². The van der Waals surface area contributed by atoms with Crippen LogP contribution in [-0.4, -0.2) is 40.1 Å². The molecule has 0 radical (unpaired) electrons. The Balaban J connectivity index is 1.35. The Labute approximate surface area is 245 Å². The van der Waals surface area contributed by atoms with Crippen LogP contribution in [0, 0.1) is 6.92 Å². The number of esters is 2. The van der Waals surface area contributed by atoms with Crippen molar-refractivity contribution in [1.29, 1.82) is 0 Å². The van der Waals surface area contributed by atoms with E-state index >= 15 is 0 Å². The molecule has 2 unspecified atom stereocenters. The number of ether oxygens (including phenoxy) is 2. The second-order valence-corrected chi connectivity index (χ2v) is 11.7. The summed E-state index contributed by atoms with van der Waals surface area (Å²) in [5, 5.41) is 0. The number of rotatable bonds is 10. The van der Waals surface area contributed by atoms with E-state index in [2.05, 4.69) is 0 Å². The van der Waals surface area contributed by atoms with Crippen LogP contribution in [-0.2, 0) is 29.2 Å². The first-order valence-electron chi connectivity index (χ1n) is 13.5. The molecule has 0 saturated carbocycles. The normalized spacial score (nSPS) is 13.9. The maximum atomic E-state index is 13.3. The summed E-state index contributed by atoms with van der Waals surface area (Å²) in [7, 11) is -2.88. The van der Waals surface area contributed by atoms with E-state index in [4.69, 9.17) is 19.4 Å². The third kappa shape index (κ3) is 6.07. The summed E-state index contributed by atoms with van der Waals surface area (Å²) in [5.74, 6) is -2.28. The molecule has 1 aliphatic rings. The molecule has 5 rings (SSSR count). The van der Waals surface area contributed by atoms with Gasteiger partial charge in [-0.25, -0.2) is 0 Å². The number of aryl methyl sites for hydroxylation is 1. The predicted molar refractivity (Wildman–Crippen MR) is 157 cm³/mol. The molecular weight excluding hydrogens is 554 g/mol. The third-order valence-electron chi connectivity index (χ3n) is 7.48. The van der Waals surface area contributed by atoms with Crippen LogP contribution in [0.3, 0.4) is 0 Å². The number of hydrogen-bond acceptors (Lipinski definition) is 8. The summed E-state index contributed by atoms with van der Waals surface area (Å²) in [6.45, 7) is 1.92. The monoisotopic (exact) mass is 585 g/mol. The number of benzene rings is 4.